The van der Waals surface area contributed by atoms with Crippen LogP contribution in [0.15, 0.2) is 24.3 Å². The van der Waals surface area contributed by atoms with E-state index in [1.165, 1.54) is 12.0 Å². The van der Waals surface area contributed by atoms with Crippen LogP contribution in [0.5, 0.6) is 0 Å². The van der Waals surface area contributed by atoms with Crippen LogP contribution in [0.25, 0.3) is 0 Å². The van der Waals surface area contributed by atoms with Crippen molar-refractivity contribution < 1.29 is 9.53 Å². The summed E-state index contributed by atoms with van der Waals surface area (Å²) in [7, 11) is 0. The molecule has 1 amide bonds. The van der Waals surface area contributed by atoms with Gasteiger partial charge in [-0.3, -0.25) is 4.90 Å². The number of benzene rings is 1. The van der Waals surface area contributed by atoms with E-state index < -0.39 is 5.60 Å². The van der Waals surface area contributed by atoms with Gasteiger partial charge < -0.3 is 9.64 Å². The number of halogens is 1. The van der Waals surface area contributed by atoms with Crippen molar-refractivity contribution in [2.75, 3.05) is 19.6 Å². The highest BCUT2D eigenvalue weighted by atomic mass is 35.5. The molecule has 5 heteroatoms. The van der Waals surface area contributed by atoms with Crippen molar-refractivity contribution in [3.8, 4) is 0 Å². The average Bonchev–Trinajstić information content (AvgIpc) is 2.96. The zero-order chi connectivity index (χ0) is 19.6. The first-order valence-electron chi connectivity index (χ1n) is 10.2. The molecule has 0 saturated carbocycles. The van der Waals surface area contributed by atoms with Crippen LogP contribution < -0.4 is 0 Å². The zero-order valence-electron chi connectivity index (χ0n) is 17.1. The molecule has 2 aliphatic rings. The lowest BCUT2D eigenvalue weighted by Gasteiger charge is -2.39. The van der Waals surface area contributed by atoms with Crippen LogP contribution in [0.4, 0.5) is 4.79 Å². The van der Waals surface area contributed by atoms with Crippen molar-refractivity contribution in [1.82, 2.24) is 9.80 Å². The number of ether oxygens (including phenoxy) is 1. The monoisotopic (exact) mass is 392 g/mol. The summed E-state index contributed by atoms with van der Waals surface area (Å²) in [6.07, 6.45) is 4.21. The normalized spacial score (nSPS) is 25.0. The molecule has 3 rings (SSSR count). The Morgan fingerprint density at radius 3 is 2.41 bits per heavy atom. The maximum Gasteiger partial charge on any atom is 0.410 e. The van der Waals surface area contributed by atoms with Crippen LogP contribution in [0.3, 0.4) is 0 Å². The number of likely N-dealkylation sites (tertiary alicyclic amines) is 2. The van der Waals surface area contributed by atoms with Crippen molar-refractivity contribution in [2.45, 2.75) is 71.1 Å². The number of nitrogens with zero attached hydrogens (tertiary/aromatic N) is 2. The molecular formula is C22H33ClN2O2. The Balaban J connectivity index is 1.57. The molecule has 0 aromatic heterocycles. The highest BCUT2D eigenvalue weighted by Gasteiger charge is 2.37. The second-order valence-corrected chi connectivity index (χ2v) is 9.66. The van der Waals surface area contributed by atoms with Crippen LogP contribution in [0.1, 0.15) is 52.5 Å². The van der Waals surface area contributed by atoms with E-state index in [1.807, 2.05) is 37.8 Å². The molecule has 2 unspecified atom stereocenters. The molecular weight excluding hydrogens is 360 g/mol. The van der Waals surface area contributed by atoms with E-state index in [-0.39, 0.29) is 6.09 Å². The van der Waals surface area contributed by atoms with E-state index in [9.17, 15) is 4.79 Å². The molecule has 2 fully saturated rings. The van der Waals surface area contributed by atoms with Gasteiger partial charge in [-0.15, -0.1) is 0 Å². The summed E-state index contributed by atoms with van der Waals surface area (Å²) >= 11 is 6.03. The van der Waals surface area contributed by atoms with Crippen molar-refractivity contribution in [1.29, 1.82) is 0 Å². The van der Waals surface area contributed by atoms with Crippen LogP contribution in [-0.4, -0.2) is 53.2 Å². The summed E-state index contributed by atoms with van der Waals surface area (Å²) in [5, 5.41) is 0.796. The van der Waals surface area contributed by atoms with E-state index in [0.29, 0.717) is 12.1 Å². The number of rotatable bonds is 3. The summed E-state index contributed by atoms with van der Waals surface area (Å²) in [6, 6.07) is 9.41. The Hall–Kier alpha value is -1.26. The van der Waals surface area contributed by atoms with Gasteiger partial charge in [0.25, 0.3) is 0 Å². The predicted molar refractivity (Wildman–Crippen MR) is 110 cm³/mol. The summed E-state index contributed by atoms with van der Waals surface area (Å²) in [6.45, 7) is 10.9. The van der Waals surface area contributed by atoms with Crippen molar-refractivity contribution in [3.05, 3.63) is 34.9 Å². The smallest absolute Gasteiger partial charge is 0.410 e. The van der Waals surface area contributed by atoms with Gasteiger partial charge in [-0.1, -0.05) is 30.7 Å². The third-order valence-corrected chi connectivity index (χ3v) is 5.89. The first-order valence-corrected chi connectivity index (χ1v) is 10.6. The van der Waals surface area contributed by atoms with Crippen LogP contribution >= 0.6 is 11.6 Å². The van der Waals surface area contributed by atoms with Gasteiger partial charge >= 0.3 is 6.09 Å². The molecule has 0 aliphatic carbocycles. The first kappa shape index (κ1) is 20.5. The van der Waals surface area contributed by atoms with Gasteiger partial charge in [0, 0.05) is 36.7 Å². The molecule has 0 bridgehead atoms. The molecule has 1 aromatic rings. The van der Waals surface area contributed by atoms with Gasteiger partial charge in [0.15, 0.2) is 0 Å². The van der Waals surface area contributed by atoms with Gasteiger partial charge in [-0.05, 0) is 70.1 Å². The van der Waals surface area contributed by atoms with Gasteiger partial charge in [0.1, 0.15) is 5.60 Å². The molecule has 2 heterocycles. The molecule has 1 aromatic carbocycles. The fourth-order valence-electron chi connectivity index (χ4n) is 4.43. The van der Waals surface area contributed by atoms with E-state index in [1.54, 1.807) is 0 Å². The predicted octanol–water partition coefficient (Wildman–Crippen LogP) is 4.99. The molecule has 0 N–H and O–H groups in total. The van der Waals surface area contributed by atoms with E-state index in [0.717, 1.165) is 49.8 Å². The van der Waals surface area contributed by atoms with Crippen LogP contribution in [-0.2, 0) is 11.2 Å². The fraction of sp³-hybridized carbons (Fsp3) is 0.682. The highest BCUT2D eigenvalue weighted by Crippen LogP contribution is 2.31. The second kappa shape index (κ2) is 8.40. The molecule has 2 aliphatic heterocycles. The number of hydrogen-bond acceptors (Lipinski definition) is 3. The summed E-state index contributed by atoms with van der Waals surface area (Å²) in [5.74, 6) is 0.728. The quantitative estimate of drug-likeness (QED) is 0.726. The van der Waals surface area contributed by atoms with E-state index >= 15 is 0 Å². The zero-order valence-corrected chi connectivity index (χ0v) is 17.8. The minimum absolute atomic E-state index is 0.173. The largest absolute Gasteiger partial charge is 0.444 e. The van der Waals surface area contributed by atoms with Gasteiger partial charge in [-0.25, -0.2) is 4.79 Å². The highest BCUT2D eigenvalue weighted by molar-refractivity contribution is 6.30. The minimum atomic E-state index is -0.429. The van der Waals surface area contributed by atoms with Crippen molar-refractivity contribution in [2.24, 2.45) is 5.92 Å². The minimum Gasteiger partial charge on any atom is -0.444 e. The lowest BCUT2D eigenvalue weighted by atomic mass is 9.98. The number of piperidine rings is 1. The van der Waals surface area contributed by atoms with Crippen LogP contribution in [0, 0.1) is 5.92 Å². The van der Waals surface area contributed by atoms with Crippen molar-refractivity contribution >= 4 is 17.7 Å². The summed E-state index contributed by atoms with van der Waals surface area (Å²) in [5.41, 5.74) is 0.928. The third kappa shape index (κ3) is 5.61. The SMILES string of the molecule is CC1CC(Cc2ccc(Cl)cc2)N(C2CCN(C(=O)OC(C)(C)C)CC2)C1. The fourth-order valence-corrected chi connectivity index (χ4v) is 4.56. The Morgan fingerprint density at radius 1 is 1.19 bits per heavy atom. The average molecular weight is 393 g/mol. The molecule has 2 saturated heterocycles. The molecule has 150 valence electrons. The number of carbonyl (C=O) groups is 1. The van der Waals surface area contributed by atoms with Crippen LogP contribution in [0.2, 0.25) is 5.02 Å². The van der Waals surface area contributed by atoms with E-state index in [2.05, 4.69) is 24.0 Å². The number of hydrogen-bond donors (Lipinski definition) is 0. The molecule has 27 heavy (non-hydrogen) atoms. The first-order chi connectivity index (χ1) is 12.7. The molecule has 0 radical (unpaired) electrons. The van der Waals surface area contributed by atoms with Crippen molar-refractivity contribution in [3.63, 3.8) is 0 Å². The van der Waals surface area contributed by atoms with E-state index in [4.69, 9.17) is 16.3 Å². The topological polar surface area (TPSA) is 32.8 Å². The Kier molecular flexibility index (Phi) is 6.37. The maximum absolute atomic E-state index is 12.3. The molecule has 2 atom stereocenters. The second-order valence-electron chi connectivity index (χ2n) is 9.22. The standard InChI is InChI=1S/C22H33ClN2O2/c1-16-13-20(14-17-5-7-18(23)8-6-17)25(15-16)19-9-11-24(12-10-19)21(26)27-22(2,3)4/h5-8,16,19-20H,9-15H2,1-4H3. The Bertz CT molecular complexity index is 633. The van der Waals surface area contributed by atoms with Gasteiger partial charge in [0.2, 0.25) is 0 Å². The lowest BCUT2D eigenvalue weighted by Crippen LogP contribution is -2.49. The maximum atomic E-state index is 12.3. The molecule has 4 nitrogen and oxygen atoms in total. The summed E-state index contributed by atoms with van der Waals surface area (Å²) < 4.78 is 5.53. The third-order valence-electron chi connectivity index (χ3n) is 5.64. The number of carbonyl (C=O) groups excluding carboxylic acids is 1. The lowest BCUT2D eigenvalue weighted by molar-refractivity contribution is 0.0133. The van der Waals surface area contributed by atoms with Gasteiger partial charge in [0.05, 0.1) is 0 Å². The number of amides is 1. The summed E-state index contributed by atoms with van der Waals surface area (Å²) in [4.78, 5) is 16.9. The van der Waals surface area contributed by atoms with Gasteiger partial charge in [-0.2, -0.15) is 0 Å². The Labute approximate surface area is 168 Å². The Morgan fingerprint density at radius 2 is 1.81 bits per heavy atom. The molecule has 0 spiro atoms.